The van der Waals surface area contributed by atoms with Crippen LogP contribution in [0.5, 0.6) is 0 Å². The van der Waals surface area contributed by atoms with Gasteiger partial charge in [0, 0.05) is 0 Å². The number of carbonyl (C=O) groups is 2. The molecule has 0 radical (unpaired) electrons. The van der Waals surface area contributed by atoms with E-state index in [9.17, 15) is 14.7 Å². The maximum Gasteiger partial charge on any atom is 0.305 e. The Morgan fingerprint density at radius 1 is 1.33 bits per heavy atom. The maximum atomic E-state index is 12.0. The summed E-state index contributed by atoms with van der Waals surface area (Å²) in [6, 6.07) is -1.44. The van der Waals surface area contributed by atoms with Gasteiger partial charge in [-0.05, 0) is 54.8 Å². The van der Waals surface area contributed by atoms with Crippen LogP contribution in [0, 0.1) is 22.7 Å². The van der Waals surface area contributed by atoms with Gasteiger partial charge in [-0.25, -0.2) is 0 Å². The summed E-state index contributed by atoms with van der Waals surface area (Å²) in [6.45, 7) is 6.92. The molecule has 0 spiro atoms. The van der Waals surface area contributed by atoms with Gasteiger partial charge < -0.3 is 21.3 Å². The summed E-state index contributed by atoms with van der Waals surface area (Å²) in [4.78, 5) is 22.6. The molecular weight excluding hydrogens is 308 g/mol. The van der Waals surface area contributed by atoms with Gasteiger partial charge >= 0.3 is 5.97 Å². The molecule has 0 aliphatic heterocycles. The SMILES string of the molecule is CC12CCC(C1)C(C)(C)C2CCC(CO)NC(=O)[C@@H](N)CC(=O)O. The molecule has 138 valence electrons. The first kappa shape index (κ1) is 19.2. The summed E-state index contributed by atoms with van der Waals surface area (Å²) < 4.78 is 0. The van der Waals surface area contributed by atoms with Crippen molar-refractivity contribution < 1.29 is 19.8 Å². The van der Waals surface area contributed by atoms with E-state index in [2.05, 4.69) is 26.1 Å². The van der Waals surface area contributed by atoms with Crippen LogP contribution in [0.1, 0.15) is 59.3 Å². The third-order valence-corrected chi connectivity index (χ3v) is 6.67. The van der Waals surface area contributed by atoms with Crippen molar-refractivity contribution in [2.45, 2.75) is 71.4 Å². The predicted octanol–water partition coefficient (Wildman–Crippen LogP) is 1.51. The fourth-order valence-electron chi connectivity index (χ4n) is 5.29. The van der Waals surface area contributed by atoms with E-state index in [1.165, 1.54) is 19.3 Å². The minimum absolute atomic E-state index is 0.154. The van der Waals surface area contributed by atoms with Gasteiger partial charge in [-0.2, -0.15) is 0 Å². The number of carbonyl (C=O) groups excluding carboxylic acids is 1. The quantitative estimate of drug-likeness (QED) is 0.535. The zero-order valence-electron chi connectivity index (χ0n) is 15.0. The lowest BCUT2D eigenvalue weighted by Crippen LogP contribution is -2.48. The summed E-state index contributed by atoms with van der Waals surface area (Å²) in [5.74, 6) is -0.245. The topological polar surface area (TPSA) is 113 Å². The third-order valence-electron chi connectivity index (χ3n) is 6.67. The first-order valence-electron chi connectivity index (χ1n) is 8.98. The van der Waals surface area contributed by atoms with E-state index in [1.807, 2.05) is 0 Å². The average molecular weight is 340 g/mol. The Labute approximate surface area is 144 Å². The number of nitrogens with one attached hydrogen (secondary N) is 1. The number of carboxylic acid groups (broad SMARTS) is 1. The first-order chi connectivity index (χ1) is 11.1. The van der Waals surface area contributed by atoms with E-state index >= 15 is 0 Å². The van der Waals surface area contributed by atoms with Crippen LogP contribution in [0.15, 0.2) is 0 Å². The molecule has 2 saturated carbocycles. The Morgan fingerprint density at radius 2 is 2.00 bits per heavy atom. The predicted molar refractivity (Wildman–Crippen MR) is 91.2 cm³/mol. The van der Waals surface area contributed by atoms with Crippen molar-refractivity contribution in [1.29, 1.82) is 0 Å². The molecule has 2 rings (SSSR count). The summed E-state index contributed by atoms with van der Waals surface area (Å²) in [7, 11) is 0. The number of amides is 1. The molecule has 0 saturated heterocycles. The number of carboxylic acids is 1. The number of aliphatic hydroxyl groups excluding tert-OH is 1. The lowest BCUT2D eigenvalue weighted by Gasteiger charge is -2.43. The molecule has 2 aliphatic rings. The number of nitrogens with two attached hydrogens (primary N) is 1. The van der Waals surface area contributed by atoms with Crippen LogP contribution >= 0.6 is 0 Å². The zero-order valence-corrected chi connectivity index (χ0v) is 15.0. The lowest BCUT2D eigenvalue weighted by atomic mass is 9.62. The van der Waals surface area contributed by atoms with E-state index < -0.39 is 24.3 Å². The van der Waals surface area contributed by atoms with Crippen LogP contribution in [-0.2, 0) is 9.59 Å². The van der Waals surface area contributed by atoms with Crippen LogP contribution in [0.25, 0.3) is 0 Å². The van der Waals surface area contributed by atoms with Gasteiger partial charge in [-0.15, -0.1) is 0 Å². The Bertz CT molecular complexity index is 489. The van der Waals surface area contributed by atoms with Gasteiger partial charge in [-0.1, -0.05) is 20.8 Å². The highest BCUT2D eigenvalue weighted by atomic mass is 16.4. The van der Waals surface area contributed by atoms with Crippen LogP contribution < -0.4 is 11.1 Å². The largest absolute Gasteiger partial charge is 0.481 e. The number of aliphatic hydroxyl groups is 1. The van der Waals surface area contributed by atoms with Gasteiger partial charge in [0.25, 0.3) is 0 Å². The second kappa shape index (κ2) is 7.00. The van der Waals surface area contributed by atoms with Crippen molar-refractivity contribution >= 4 is 11.9 Å². The second-order valence-electron chi connectivity index (χ2n) is 8.64. The molecule has 0 aromatic heterocycles. The number of hydrogen-bond acceptors (Lipinski definition) is 4. The van der Waals surface area contributed by atoms with Crippen LogP contribution in [0.3, 0.4) is 0 Å². The molecule has 0 heterocycles. The highest BCUT2D eigenvalue weighted by Crippen LogP contribution is 2.67. The summed E-state index contributed by atoms with van der Waals surface area (Å²) in [5, 5.41) is 21.0. The van der Waals surface area contributed by atoms with Crippen molar-refractivity contribution in [3.05, 3.63) is 0 Å². The van der Waals surface area contributed by atoms with Crippen molar-refractivity contribution in [2.75, 3.05) is 6.61 Å². The molecule has 6 heteroatoms. The zero-order chi connectivity index (χ0) is 18.1. The van der Waals surface area contributed by atoms with Crippen molar-refractivity contribution in [2.24, 2.45) is 28.4 Å². The van der Waals surface area contributed by atoms with Gasteiger partial charge in [0.2, 0.25) is 5.91 Å². The molecular formula is C18H32N2O4. The van der Waals surface area contributed by atoms with Gasteiger partial charge in [0.1, 0.15) is 0 Å². The number of fused-ring (bicyclic) bond motifs is 2. The first-order valence-corrected chi connectivity index (χ1v) is 8.98. The fraction of sp³-hybridized carbons (Fsp3) is 0.889. The van der Waals surface area contributed by atoms with Gasteiger partial charge in [-0.3, -0.25) is 9.59 Å². The van der Waals surface area contributed by atoms with E-state index in [0.717, 1.165) is 12.3 Å². The number of aliphatic carboxylic acids is 1. The maximum absolute atomic E-state index is 12.0. The molecule has 0 aromatic rings. The number of rotatable bonds is 8. The monoisotopic (exact) mass is 340 g/mol. The summed E-state index contributed by atoms with van der Waals surface area (Å²) >= 11 is 0. The van der Waals surface area contributed by atoms with E-state index in [1.54, 1.807) is 0 Å². The van der Waals surface area contributed by atoms with Crippen LogP contribution in [0.2, 0.25) is 0 Å². The second-order valence-corrected chi connectivity index (χ2v) is 8.64. The van der Waals surface area contributed by atoms with Gasteiger partial charge in [0.05, 0.1) is 25.1 Å². The molecule has 6 nitrogen and oxygen atoms in total. The Kier molecular flexibility index (Phi) is 5.60. The molecule has 0 aromatic carbocycles. The highest BCUT2D eigenvalue weighted by Gasteiger charge is 2.58. The van der Waals surface area contributed by atoms with E-state index in [4.69, 9.17) is 10.8 Å². The van der Waals surface area contributed by atoms with Crippen molar-refractivity contribution in [3.8, 4) is 0 Å². The summed E-state index contributed by atoms with van der Waals surface area (Å²) in [5.41, 5.74) is 6.25. The third kappa shape index (κ3) is 3.75. The number of hydrogen-bond donors (Lipinski definition) is 4. The smallest absolute Gasteiger partial charge is 0.305 e. The lowest BCUT2D eigenvalue weighted by molar-refractivity contribution is -0.139. The summed E-state index contributed by atoms with van der Waals surface area (Å²) in [6.07, 6.45) is 5.11. The Morgan fingerprint density at radius 3 is 2.50 bits per heavy atom. The molecule has 5 atom stereocenters. The fourth-order valence-corrected chi connectivity index (χ4v) is 5.29. The normalized spacial score (nSPS) is 33.2. The van der Waals surface area contributed by atoms with Crippen molar-refractivity contribution in [1.82, 2.24) is 5.32 Å². The van der Waals surface area contributed by atoms with Crippen LogP contribution in [-0.4, -0.2) is 40.8 Å². The molecule has 4 unspecified atom stereocenters. The molecule has 24 heavy (non-hydrogen) atoms. The molecule has 5 N–H and O–H groups in total. The molecule has 1 amide bonds. The standard InChI is InChI=1S/C18H32N2O4/c1-17(2)11-6-7-18(3,9-11)14(17)5-4-12(10-21)20-16(24)13(19)8-15(22)23/h11-14,21H,4-10,19H2,1-3H3,(H,20,24)(H,22,23)/t11?,12?,13-,14?,18?/m0/s1. The Hall–Kier alpha value is -1.14. The van der Waals surface area contributed by atoms with Gasteiger partial charge in [0.15, 0.2) is 0 Å². The molecule has 2 aliphatic carbocycles. The van der Waals surface area contributed by atoms with Crippen molar-refractivity contribution in [3.63, 3.8) is 0 Å². The highest BCUT2D eigenvalue weighted by molar-refractivity contribution is 5.86. The molecule has 2 fully saturated rings. The Balaban J connectivity index is 1.90. The minimum Gasteiger partial charge on any atom is -0.481 e. The van der Waals surface area contributed by atoms with E-state index in [-0.39, 0.29) is 12.6 Å². The van der Waals surface area contributed by atoms with E-state index in [0.29, 0.717) is 23.2 Å². The van der Waals surface area contributed by atoms with Crippen LogP contribution in [0.4, 0.5) is 0 Å². The molecule has 2 bridgehead atoms. The minimum atomic E-state index is -1.10. The average Bonchev–Trinajstić information content (AvgIpc) is 2.95.